The quantitative estimate of drug-likeness (QED) is 0.479. The van der Waals surface area contributed by atoms with Crippen LogP contribution in [0.25, 0.3) is 0 Å². The summed E-state index contributed by atoms with van der Waals surface area (Å²) in [5, 5.41) is 25.2. The fraction of sp³-hybridized carbons (Fsp3) is 0.333. The highest BCUT2D eigenvalue weighted by Crippen LogP contribution is 2.38. The van der Waals surface area contributed by atoms with Crippen LogP contribution in [0.5, 0.6) is 0 Å². The fourth-order valence-electron chi connectivity index (χ4n) is 3.39. The molecule has 2 unspecified atom stereocenters. The number of aliphatic carboxylic acids is 1. The van der Waals surface area contributed by atoms with Gasteiger partial charge >= 0.3 is 12.0 Å². The molecule has 0 saturated heterocycles. The number of carboxylic acids is 1. The van der Waals surface area contributed by atoms with Gasteiger partial charge in [-0.1, -0.05) is 24.3 Å². The Labute approximate surface area is 185 Å². The van der Waals surface area contributed by atoms with E-state index in [9.17, 15) is 24.2 Å². The number of aliphatic hydroxyl groups is 1. The lowest BCUT2D eigenvalue weighted by Gasteiger charge is -2.35. The molecule has 3 rings (SSSR count). The van der Waals surface area contributed by atoms with Crippen LogP contribution in [0.4, 0.5) is 20.6 Å². The number of ether oxygens (including phenoxy) is 1. The van der Waals surface area contributed by atoms with Crippen molar-refractivity contribution in [1.29, 1.82) is 0 Å². The molecule has 2 atom stereocenters. The molecule has 2 amide bonds. The molecule has 4 N–H and O–H groups in total. The highest BCUT2D eigenvalue weighted by atomic mass is 19.1. The molecular formula is C24H27FN2O5. The molecule has 1 heterocycles. The molecule has 0 aliphatic carbocycles. The molecule has 0 spiro atoms. The van der Waals surface area contributed by atoms with E-state index in [4.69, 9.17) is 4.74 Å². The van der Waals surface area contributed by atoms with E-state index in [0.29, 0.717) is 5.69 Å². The average molecular weight is 442 g/mol. The second kappa shape index (κ2) is 9.40. The summed E-state index contributed by atoms with van der Waals surface area (Å²) in [6.07, 6.45) is 3.99. The lowest BCUT2D eigenvalue weighted by molar-refractivity contribution is -0.189. The lowest BCUT2D eigenvalue weighted by atomic mass is 9.82. The zero-order valence-electron chi connectivity index (χ0n) is 18.0. The van der Waals surface area contributed by atoms with Gasteiger partial charge in [0.05, 0.1) is 17.4 Å². The summed E-state index contributed by atoms with van der Waals surface area (Å²) in [5.74, 6) is -3.04. The van der Waals surface area contributed by atoms with Crippen molar-refractivity contribution >= 4 is 23.4 Å². The van der Waals surface area contributed by atoms with Gasteiger partial charge in [-0.15, -0.1) is 0 Å². The number of amides is 2. The summed E-state index contributed by atoms with van der Waals surface area (Å²) in [4.78, 5) is 23.4. The van der Waals surface area contributed by atoms with Gasteiger partial charge in [-0.3, -0.25) is 4.79 Å². The van der Waals surface area contributed by atoms with Crippen molar-refractivity contribution in [3.05, 3.63) is 72.2 Å². The molecule has 0 fully saturated rings. The van der Waals surface area contributed by atoms with E-state index in [1.165, 1.54) is 24.5 Å². The smallest absolute Gasteiger partial charge is 0.323 e. The number of anilines is 2. The normalized spacial score (nSPS) is 20.3. The number of para-hydroxylation sites is 1. The minimum absolute atomic E-state index is 0.0827. The van der Waals surface area contributed by atoms with E-state index in [1.54, 1.807) is 32.0 Å². The Morgan fingerprint density at radius 2 is 1.84 bits per heavy atom. The minimum atomic E-state index is -1.46. The number of nitrogens with one attached hydrogen (secondary N) is 2. The number of carboxylic acid groups (broad SMARTS) is 1. The third-order valence-electron chi connectivity index (χ3n) is 5.58. The zero-order chi connectivity index (χ0) is 23.4. The Balaban J connectivity index is 1.60. The molecule has 1 aliphatic heterocycles. The van der Waals surface area contributed by atoms with Crippen LogP contribution >= 0.6 is 0 Å². The van der Waals surface area contributed by atoms with Crippen LogP contribution in [0.1, 0.15) is 44.6 Å². The largest absolute Gasteiger partial charge is 0.481 e. The molecule has 170 valence electrons. The first kappa shape index (κ1) is 23.3. The number of benzene rings is 2. The van der Waals surface area contributed by atoms with Gasteiger partial charge in [0.25, 0.3) is 0 Å². The number of carbonyl (C=O) groups is 2. The second-order valence-corrected chi connectivity index (χ2v) is 8.57. The Hall–Kier alpha value is -3.39. The van der Waals surface area contributed by atoms with E-state index in [0.717, 1.165) is 5.56 Å². The molecule has 32 heavy (non-hydrogen) atoms. The summed E-state index contributed by atoms with van der Waals surface area (Å²) < 4.78 is 19.1. The van der Waals surface area contributed by atoms with Crippen LogP contribution in [0.3, 0.4) is 0 Å². The number of hydrogen-bond acceptors (Lipinski definition) is 4. The topological polar surface area (TPSA) is 108 Å². The SMILES string of the molecule is CC(C)(CCC1(O)CC(c2ccc(NC(=O)Nc3ccccc3F)cc2)C=CO1)C(=O)O. The van der Waals surface area contributed by atoms with Crippen LogP contribution in [0.2, 0.25) is 0 Å². The minimum Gasteiger partial charge on any atom is -0.481 e. The predicted molar refractivity (Wildman–Crippen MR) is 119 cm³/mol. The van der Waals surface area contributed by atoms with Crippen LogP contribution in [-0.2, 0) is 9.53 Å². The third kappa shape index (κ3) is 5.85. The molecule has 0 radical (unpaired) electrons. The van der Waals surface area contributed by atoms with E-state index in [1.807, 2.05) is 18.2 Å². The average Bonchev–Trinajstić information content (AvgIpc) is 2.75. The van der Waals surface area contributed by atoms with Gasteiger partial charge in [-0.25, -0.2) is 9.18 Å². The van der Waals surface area contributed by atoms with Gasteiger partial charge in [0, 0.05) is 24.4 Å². The summed E-state index contributed by atoms with van der Waals surface area (Å²) in [6.45, 7) is 3.23. The van der Waals surface area contributed by atoms with Crippen LogP contribution in [0.15, 0.2) is 60.9 Å². The summed E-state index contributed by atoms with van der Waals surface area (Å²) >= 11 is 0. The number of carbonyl (C=O) groups excluding carboxylic acids is 1. The van der Waals surface area contributed by atoms with Gasteiger partial charge in [-0.05, 0) is 56.2 Å². The van der Waals surface area contributed by atoms with Gasteiger partial charge in [-0.2, -0.15) is 0 Å². The highest BCUT2D eigenvalue weighted by Gasteiger charge is 2.38. The summed E-state index contributed by atoms with van der Waals surface area (Å²) in [6, 6.07) is 12.4. The summed E-state index contributed by atoms with van der Waals surface area (Å²) in [5.41, 5.74) is 0.545. The standard InChI is InChI=1S/C24H27FN2O5/c1-23(2,21(28)29)12-13-24(31)15-17(11-14-32-24)16-7-9-18(10-8-16)26-22(30)27-20-6-4-3-5-19(20)25/h3-11,14,17,31H,12-13,15H2,1-2H3,(H,28,29)(H2,26,27,30). The van der Waals surface area contributed by atoms with Crippen molar-refractivity contribution in [2.75, 3.05) is 10.6 Å². The van der Waals surface area contributed by atoms with Gasteiger partial charge < -0.3 is 25.6 Å². The van der Waals surface area contributed by atoms with E-state index >= 15 is 0 Å². The van der Waals surface area contributed by atoms with Gasteiger partial charge in [0.2, 0.25) is 5.79 Å². The van der Waals surface area contributed by atoms with Crippen molar-refractivity contribution < 1.29 is 28.9 Å². The maximum Gasteiger partial charge on any atom is 0.323 e. The first-order chi connectivity index (χ1) is 15.1. The lowest BCUT2D eigenvalue weighted by Crippen LogP contribution is -2.37. The Morgan fingerprint density at radius 3 is 2.50 bits per heavy atom. The van der Waals surface area contributed by atoms with Gasteiger partial charge in [0.1, 0.15) is 5.82 Å². The van der Waals surface area contributed by atoms with Crippen molar-refractivity contribution in [3.8, 4) is 0 Å². The number of halogens is 1. The molecule has 7 nitrogen and oxygen atoms in total. The van der Waals surface area contributed by atoms with E-state index < -0.39 is 29.0 Å². The number of urea groups is 1. The first-order valence-electron chi connectivity index (χ1n) is 10.3. The zero-order valence-corrected chi connectivity index (χ0v) is 18.0. The van der Waals surface area contributed by atoms with Crippen molar-refractivity contribution in [3.63, 3.8) is 0 Å². The van der Waals surface area contributed by atoms with Crippen LogP contribution < -0.4 is 10.6 Å². The number of allylic oxidation sites excluding steroid dienone is 1. The molecule has 8 heteroatoms. The number of rotatable bonds is 7. The van der Waals surface area contributed by atoms with E-state index in [2.05, 4.69) is 10.6 Å². The molecule has 2 aromatic carbocycles. The van der Waals surface area contributed by atoms with Crippen molar-refractivity contribution in [2.45, 2.75) is 44.8 Å². The highest BCUT2D eigenvalue weighted by molar-refractivity contribution is 5.99. The third-order valence-corrected chi connectivity index (χ3v) is 5.58. The van der Waals surface area contributed by atoms with Crippen molar-refractivity contribution in [1.82, 2.24) is 0 Å². The molecule has 0 aromatic heterocycles. The maximum absolute atomic E-state index is 13.7. The maximum atomic E-state index is 13.7. The number of hydrogen-bond donors (Lipinski definition) is 4. The Kier molecular flexibility index (Phi) is 6.84. The molecular weight excluding hydrogens is 415 g/mol. The van der Waals surface area contributed by atoms with Crippen LogP contribution in [0, 0.1) is 11.2 Å². The predicted octanol–water partition coefficient (Wildman–Crippen LogP) is 5.07. The van der Waals surface area contributed by atoms with E-state index in [-0.39, 0.29) is 30.9 Å². The van der Waals surface area contributed by atoms with Gasteiger partial charge in [0.15, 0.2) is 0 Å². The second-order valence-electron chi connectivity index (χ2n) is 8.57. The fourth-order valence-corrected chi connectivity index (χ4v) is 3.39. The van der Waals surface area contributed by atoms with Crippen LogP contribution in [-0.4, -0.2) is 28.0 Å². The summed E-state index contributed by atoms with van der Waals surface area (Å²) in [7, 11) is 0. The Morgan fingerprint density at radius 1 is 1.16 bits per heavy atom. The molecule has 2 aromatic rings. The monoisotopic (exact) mass is 442 g/mol. The first-order valence-corrected chi connectivity index (χ1v) is 10.3. The Bertz CT molecular complexity index is 1010. The molecule has 1 aliphatic rings. The molecule has 0 saturated carbocycles. The van der Waals surface area contributed by atoms with Crippen molar-refractivity contribution in [2.24, 2.45) is 5.41 Å². The molecule has 0 bridgehead atoms.